The first-order valence-electron chi connectivity index (χ1n) is 9.91. The van der Waals surface area contributed by atoms with Crippen LogP contribution in [0.3, 0.4) is 0 Å². The molecule has 3 heterocycles. The van der Waals surface area contributed by atoms with Crippen LogP contribution in [0.4, 0.5) is 5.69 Å². The van der Waals surface area contributed by atoms with Crippen molar-refractivity contribution in [1.29, 1.82) is 0 Å². The molecule has 2 aliphatic rings. The molecule has 1 saturated carbocycles. The van der Waals surface area contributed by atoms with Gasteiger partial charge in [-0.2, -0.15) is 0 Å². The third-order valence-electron chi connectivity index (χ3n) is 5.66. The Kier molecular flexibility index (Phi) is 4.08. The maximum Gasteiger partial charge on any atom is 0.250 e. The lowest BCUT2D eigenvalue weighted by atomic mass is 10.1. The zero-order valence-electron chi connectivity index (χ0n) is 16.2. The minimum absolute atomic E-state index is 0.0613. The SMILES string of the molecule is Cn1cc(-c2nc3cc(N[C@H](C(N)=O)C4CC4)cc4c3n2CCCO4)ccc1=O. The Hall–Kier alpha value is -3.29. The molecular weight excluding hydrogens is 370 g/mol. The summed E-state index contributed by atoms with van der Waals surface area (Å²) in [6, 6.07) is 6.84. The van der Waals surface area contributed by atoms with E-state index >= 15 is 0 Å². The van der Waals surface area contributed by atoms with E-state index in [2.05, 4.69) is 9.88 Å². The predicted octanol–water partition coefficient (Wildman–Crippen LogP) is 1.86. The number of benzene rings is 1. The topological polar surface area (TPSA) is 104 Å². The van der Waals surface area contributed by atoms with E-state index in [4.69, 9.17) is 15.5 Å². The standard InChI is InChI=1S/C21H23N5O3/c1-25-11-13(5-6-17(25)27)21-24-15-9-14(23-18(20(22)28)12-3-4-12)10-16-19(15)26(21)7-2-8-29-16/h5-6,9-12,18,23H,2-4,7-8H2,1H3,(H2,22,28)/t18-/m0/s1. The van der Waals surface area contributed by atoms with Gasteiger partial charge in [-0.05, 0) is 37.3 Å². The molecule has 1 amide bonds. The first kappa shape index (κ1) is 17.8. The molecule has 0 saturated heterocycles. The second-order valence-electron chi connectivity index (χ2n) is 7.86. The molecule has 0 bridgehead atoms. The number of rotatable bonds is 5. The van der Waals surface area contributed by atoms with Gasteiger partial charge in [0.2, 0.25) is 11.5 Å². The number of primary amides is 1. The normalized spacial score (nSPS) is 16.9. The highest BCUT2D eigenvalue weighted by Crippen LogP contribution is 2.38. The van der Waals surface area contributed by atoms with Gasteiger partial charge < -0.3 is 24.9 Å². The summed E-state index contributed by atoms with van der Waals surface area (Å²) in [6.07, 6.45) is 4.68. The molecule has 1 aromatic carbocycles. The number of pyridine rings is 1. The maximum absolute atomic E-state index is 11.9. The van der Waals surface area contributed by atoms with Crippen molar-refractivity contribution in [2.75, 3.05) is 11.9 Å². The minimum Gasteiger partial charge on any atom is -0.491 e. The van der Waals surface area contributed by atoms with Gasteiger partial charge >= 0.3 is 0 Å². The molecule has 3 N–H and O–H groups in total. The smallest absolute Gasteiger partial charge is 0.250 e. The molecule has 0 radical (unpaired) electrons. The van der Waals surface area contributed by atoms with Crippen molar-refractivity contribution in [1.82, 2.24) is 14.1 Å². The number of aromatic nitrogens is 3. The summed E-state index contributed by atoms with van der Waals surface area (Å²) < 4.78 is 9.70. The molecule has 1 atom stereocenters. The molecule has 2 aromatic heterocycles. The predicted molar refractivity (Wildman–Crippen MR) is 110 cm³/mol. The molecule has 5 rings (SSSR count). The molecule has 1 fully saturated rings. The number of ether oxygens (including phenoxy) is 1. The van der Waals surface area contributed by atoms with Crippen LogP contribution in [-0.4, -0.2) is 32.7 Å². The van der Waals surface area contributed by atoms with Crippen molar-refractivity contribution in [3.63, 3.8) is 0 Å². The number of nitrogens with one attached hydrogen (secondary N) is 1. The van der Waals surface area contributed by atoms with Gasteiger partial charge in [0, 0.05) is 43.2 Å². The van der Waals surface area contributed by atoms with Crippen LogP contribution < -0.4 is 21.3 Å². The highest BCUT2D eigenvalue weighted by atomic mass is 16.5. The molecule has 150 valence electrons. The molecule has 3 aromatic rings. The van der Waals surface area contributed by atoms with E-state index in [1.807, 2.05) is 12.1 Å². The maximum atomic E-state index is 11.9. The third kappa shape index (κ3) is 3.14. The zero-order valence-corrected chi connectivity index (χ0v) is 16.2. The monoisotopic (exact) mass is 393 g/mol. The summed E-state index contributed by atoms with van der Waals surface area (Å²) in [5, 5.41) is 3.29. The lowest BCUT2D eigenvalue weighted by Gasteiger charge is -2.17. The lowest BCUT2D eigenvalue weighted by molar-refractivity contribution is -0.119. The summed E-state index contributed by atoms with van der Waals surface area (Å²) in [6.45, 7) is 1.38. The number of aryl methyl sites for hydroxylation is 2. The molecule has 8 heteroatoms. The minimum atomic E-state index is -0.379. The van der Waals surface area contributed by atoms with Crippen LogP contribution in [0.1, 0.15) is 19.3 Å². The van der Waals surface area contributed by atoms with Crippen LogP contribution in [-0.2, 0) is 18.4 Å². The summed E-state index contributed by atoms with van der Waals surface area (Å²) in [7, 11) is 1.73. The van der Waals surface area contributed by atoms with Crippen molar-refractivity contribution in [2.24, 2.45) is 18.7 Å². The third-order valence-corrected chi connectivity index (χ3v) is 5.66. The number of hydrogen-bond donors (Lipinski definition) is 2. The average Bonchev–Trinajstić information content (AvgIpc) is 3.48. The van der Waals surface area contributed by atoms with E-state index in [1.165, 1.54) is 0 Å². The Labute approximate surface area is 167 Å². The van der Waals surface area contributed by atoms with Crippen LogP contribution in [0.2, 0.25) is 0 Å². The van der Waals surface area contributed by atoms with Crippen molar-refractivity contribution in [2.45, 2.75) is 31.8 Å². The first-order chi connectivity index (χ1) is 14.0. The lowest BCUT2D eigenvalue weighted by Crippen LogP contribution is -2.37. The summed E-state index contributed by atoms with van der Waals surface area (Å²) >= 11 is 0. The van der Waals surface area contributed by atoms with Gasteiger partial charge in [-0.15, -0.1) is 0 Å². The number of hydrogen-bond acceptors (Lipinski definition) is 5. The molecule has 1 aliphatic heterocycles. The number of imidazole rings is 1. The molecule has 29 heavy (non-hydrogen) atoms. The van der Waals surface area contributed by atoms with Crippen LogP contribution in [0.25, 0.3) is 22.4 Å². The molecular formula is C21H23N5O3. The number of amides is 1. The molecule has 8 nitrogen and oxygen atoms in total. The Morgan fingerprint density at radius 1 is 1.34 bits per heavy atom. The Bertz CT molecular complexity index is 1180. The molecule has 0 unspecified atom stereocenters. The molecule has 1 aliphatic carbocycles. The number of carbonyl (C=O) groups is 1. The number of carbonyl (C=O) groups excluding carboxylic acids is 1. The van der Waals surface area contributed by atoms with Gasteiger partial charge in [0.15, 0.2) is 0 Å². The fourth-order valence-electron chi connectivity index (χ4n) is 4.02. The number of nitrogens with zero attached hydrogens (tertiary/aromatic N) is 3. The Balaban J connectivity index is 1.63. The van der Waals surface area contributed by atoms with Gasteiger partial charge in [0.25, 0.3) is 0 Å². The van der Waals surface area contributed by atoms with Crippen LogP contribution in [0.5, 0.6) is 5.75 Å². The average molecular weight is 393 g/mol. The van der Waals surface area contributed by atoms with E-state index < -0.39 is 0 Å². The second-order valence-corrected chi connectivity index (χ2v) is 7.86. The van der Waals surface area contributed by atoms with Gasteiger partial charge in [0.1, 0.15) is 23.1 Å². The van der Waals surface area contributed by atoms with E-state index in [0.717, 1.165) is 59.7 Å². The summed E-state index contributed by atoms with van der Waals surface area (Å²) in [5.41, 5.74) is 8.90. The van der Waals surface area contributed by atoms with Gasteiger partial charge in [0.05, 0.1) is 12.1 Å². The summed E-state index contributed by atoms with van der Waals surface area (Å²) in [5.74, 6) is 1.50. The van der Waals surface area contributed by atoms with Gasteiger partial charge in [-0.25, -0.2) is 4.98 Å². The zero-order chi connectivity index (χ0) is 20.1. The van der Waals surface area contributed by atoms with E-state index in [0.29, 0.717) is 12.5 Å². The van der Waals surface area contributed by atoms with E-state index in [-0.39, 0.29) is 17.5 Å². The van der Waals surface area contributed by atoms with Gasteiger partial charge in [-0.3, -0.25) is 9.59 Å². The second kappa shape index (κ2) is 6.65. The van der Waals surface area contributed by atoms with Crippen LogP contribution in [0.15, 0.2) is 35.3 Å². The Morgan fingerprint density at radius 3 is 2.90 bits per heavy atom. The van der Waals surface area contributed by atoms with Crippen molar-refractivity contribution in [3.8, 4) is 17.1 Å². The first-order valence-corrected chi connectivity index (χ1v) is 9.91. The van der Waals surface area contributed by atoms with Crippen LogP contribution >= 0.6 is 0 Å². The molecule has 0 spiro atoms. The van der Waals surface area contributed by atoms with E-state index in [1.54, 1.807) is 29.9 Å². The summed E-state index contributed by atoms with van der Waals surface area (Å²) in [4.78, 5) is 28.5. The fraction of sp³-hybridized carbons (Fsp3) is 0.381. The van der Waals surface area contributed by atoms with Crippen molar-refractivity contribution in [3.05, 3.63) is 40.8 Å². The highest BCUT2D eigenvalue weighted by molar-refractivity contribution is 5.91. The van der Waals surface area contributed by atoms with Gasteiger partial charge in [-0.1, -0.05) is 0 Å². The largest absolute Gasteiger partial charge is 0.491 e. The van der Waals surface area contributed by atoms with Crippen molar-refractivity contribution < 1.29 is 9.53 Å². The Morgan fingerprint density at radius 2 is 2.17 bits per heavy atom. The number of nitrogens with two attached hydrogens (primary N) is 1. The number of anilines is 1. The van der Waals surface area contributed by atoms with Crippen LogP contribution in [0, 0.1) is 5.92 Å². The van der Waals surface area contributed by atoms with Crippen molar-refractivity contribution >= 4 is 22.6 Å². The van der Waals surface area contributed by atoms with E-state index in [9.17, 15) is 9.59 Å². The quantitative estimate of drug-likeness (QED) is 0.689. The fourth-order valence-corrected chi connectivity index (χ4v) is 4.02. The highest BCUT2D eigenvalue weighted by Gasteiger charge is 2.35.